The highest BCUT2D eigenvalue weighted by atomic mass is 16.6. The first-order valence-electron chi connectivity index (χ1n) is 21.2. The number of nitrogens with zero attached hydrogens (tertiary/aromatic N) is 2. The van der Waals surface area contributed by atoms with Crippen LogP contribution in [0.15, 0.2) is 0 Å². The van der Waals surface area contributed by atoms with Crippen LogP contribution in [-0.2, 0) is 23.8 Å². The molecule has 0 heterocycles. The van der Waals surface area contributed by atoms with Crippen LogP contribution in [0.3, 0.4) is 0 Å². The van der Waals surface area contributed by atoms with Crippen molar-refractivity contribution in [1.29, 1.82) is 0 Å². The molecule has 0 aromatic heterocycles. The maximum absolute atomic E-state index is 13.4. The largest absolute Gasteiger partial charge is 0.461 e. The Labute approximate surface area is 309 Å². The number of esters is 2. The molecule has 0 aliphatic heterocycles. The van der Waals surface area contributed by atoms with Gasteiger partial charge in [0.2, 0.25) is 0 Å². The van der Waals surface area contributed by atoms with Crippen LogP contribution in [0.2, 0.25) is 0 Å². The standard InChI is InChI=1S/C42H82N2O6/c1-7-11-14-17-20-21-22-25-28-32-40(45)50-39(37-49-42(47)44(6)35-29-34-43(5)33-10-4)36-48-41(46)38(30-26-23-18-15-12-8-2)31-27-24-19-16-13-9-3/h38-39H,7-37H2,1-6H3. The normalized spacial score (nSPS) is 12.0. The van der Waals surface area contributed by atoms with Crippen LogP contribution in [-0.4, -0.2) is 80.9 Å². The van der Waals surface area contributed by atoms with Gasteiger partial charge in [-0.2, -0.15) is 0 Å². The maximum Gasteiger partial charge on any atom is 0.409 e. The minimum Gasteiger partial charge on any atom is -0.461 e. The molecule has 0 saturated heterocycles. The van der Waals surface area contributed by atoms with E-state index in [9.17, 15) is 14.4 Å². The zero-order valence-electron chi connectivity index (χ0n) is 33.9. The molecule has 0 aliphatic carbocycles. The number of carbonyl (C=O) groups is 3. The van der Waals surface area contributed by atoms with Crippen molar-refractivity contribution in [3.8, 4) is 0 Å². The van der Waals surface area contributed by atoms with Gasteiger partial charge in [0.25, 0.3) is 0 Å². The summed E-state index contributed by atoms with van der Waals surface area (Å²) in [6.45, 7) is 11.1. The molecule has 0 aliphatic rings. The maximum atomic E-state index is 13.4. The minimum atomic E-state index is -0.818. The zero-order chi connectivity index (χ0) is 37.1. The van der Waals surface area contributed by atoms with Crippen LogP contribution < -0.4 is 0 Å². The van der Waals surface area contributed by atoms with Gasteiger partial charge < -0.3 is 24.0 Å². The van der Waals surface area contributed by atoms with Gasteiger partial charge in [0, 0.05) is 20.0 Å². The van der Waals surface area contributed by atoms with Gasteiger partial charge in [-0.05, 0) is 52.2 Å². The van der Waals surface area contributed by atoms with E-state index in [-0.39, 0.29) is 31.1 Å². The second-order valence-corrected chi connectivity index (χ2v) is 14.8. The molecule has 0 rings (SSSR count). The van der Waals surface area contributed by atoms with Gasteiger partial charge >= 0.3 is 18.0 Å². The smallest absolute Gasteiger partial charge is 0.409 e. The summed E-state index contributed by atoms with van der Waals surface area (Å²) in [7, 11) is 3.81. The van der Waals surface area contributed by atoms with Crippen molar-refractivity contribution in [1.82, 2.24) is 9.80 Å². The summed E-state index contributed by atoms with van der Waals surface area (Å²) in [4.78, 5) is 42.9. The van der Waals surface area contributed by atoms with Crippen molar-refractivity contribution in [2.75, 3.05) is 46.9 Å². The average molecular weight is 711 g/mol. The molecule has 0 aromatic carbocycles. The quantitative estimate of drug-likeness (QED) is 0.0363. The lowest BCUT2D eigenvalue weighted by Crippen LogP contribution is -2.36. The Hall–Kier alpha value is -1.83. The molecule has 0 bridgehead atoms. The molecule has 8 nitrogen and oxygen atoms in total. The van der Waals surface area contributed by atoms with E-state index in [4.69, 9.17) is 14.2 Å². The lowest BCUT2D eigenvalue weighted by Gasteiger charge is -2.23. The van der Waals surface area contributed by atoms with E-state index in [1.54, 1.807) is 11.9 Å². The van der Waals surface area contributed by atoms with Gasteiger partial charge in [-0.15, -0.1) is 0 Å². The Balaban J connectivity index is 5.12. The molecular formula is C42H82N2O6. The fraction of sp³-hybridized carbons (Fsp3) is 0.929. The number of carbonyl (C=O) groups excluding carboxylic acids is 3. The summed E-state index contributed by atoms with van der Waals surface area (Å²) in [5, 5.41) is 0. The average Bonchev–Trinajstić information content (AvgIpc) is 3.10. The van der Waals surface area contributed by atoms with Crippen LogP contribution in [0.1, 0.15) is 195 Å². The number of hydrogen-bond donors (Lipinski definition) is 0. The molecule has 8 heteroatoms. The van der Waals surface area contributed by atoms with Crippen molar-refractivity contribution >= 4 is 18.0 Å². The molecular weight excluding hydrogens is 628 g/mol. The lowest BCUT2D eigenvalue weighted by atomic mass is 9.94. The van der Waals surface area contributed by atoms with E-state index in [1.165, 1.54) is 89.9 Å². The Morgan fingerprint density at radius 2 is 0.960 bits per heavy atom. The number of ether oxygens (including phenoxy) is 3. The van der Waals surface area contributed by atoms with E-state index in [0.717, 1.165) is 83.7 Å². The van der Waals surface area contributed by atoms with Crippen LogP contribution in [0.4, 0.5) is 4.79 Å². The van der Waals surface area contributed by atoms with E-state index in [0.29, 0.717) is 13.0 Å². The summed E-state index contributed by atoms with van der Waals surface area (Å²) >= 11 is 0. The fourth-order valence-electron chi connectivity index (χ4n) is 6.39. The third kappa shape index (κ3) is 29.9. The summed E-state index contributed by atoms with van der Waals surface area (Å²) in [6, 6.07) is 0. The fourth-order valence-corrected chi connectivity index (χ4v) is 6.39. The number of amides is 1. The third-order valence-corrected chi connectivity index (χ3v) is 9.68. The number of hydrogen-bond acceptors (Lipinski definition) is 7. The van der Waals surface area contributed by atoms with E-state index in [2.05, 4.69) is 39.6 Å². The highest BCUT2D eigenvalue weighted by Crippen LogP contribution is 2.21. The van der Waals surface area contributed by atoms with Gasteiger partial charge in [0.05, 0.1) is 5.92 Å². The molecule has 0 aromatic rings. The SMILES string of the molecule is CCCCCCCCCCCC(=O)OC(COC(=O)C(CCCCCCCC)CCCCCCCC)COC(=O)N(C)CCCN(C)CCC. The lowest BCUT2D eigenvalue weighted by molar-refractivity contribution is -0.164. The molecule has 50 heavy (non-hydrogen) atoms. The molecule has 0 saturated carbocycles. The molecule has 0 fully saturated rings. The second-order valence-electron chi connectivity index (χ2n) is 14.8. The van der Waals surface area contributed by atoms with Crippen molar-refractivity contribution < 1.29 is 28.6 Å². The molecule has 296 valence electrons. The van der Waals surface area contributed by atoms with Gasteiger partial charge in [0.1, 0.15) is 13.2 Å². The Bertz CT molecular complexity index is 778. The zero-order valence-corrected chi connectivity index (χ0v) is 33.9. The Morgan fingerprint density at radius 3 is 1.46 bits per heavy atom. The highest BCUT2D eigenvalue weighted by molar-refractivity contribution is 5.72. The van der Waals surface area contributed by atoms with Crippen LogP contribution in [0.5, 0.6) is 0 Å². The topological polar surface area (TPSA) is 85.4 Å². The summed E-state index contributed by atoms with van der Waals surface area (Å²) < 4.78 is 17.2. The Kier molecular flexibility index (Phi) is 34.3. The van der Waals surface area contributed by atoms with E-state index >= 15 is 0 Å². The monoisotopic (exact) mass is 711 g/mol. The van der Waals surface area contributed by atoms with Crippen molar-refractivity contribution in [3.05, 3.63) is 0 Å². The number of rotatable bonds is 36. The minimum absolute atomic E-state index is 0.0926. The van der Waals surface area contributed by atoms with Gasteiger partial charge in [-0.25, -0.2) is 4.79 Å². The van der Waals surface area contributed by atoms with Gasteiger partial charge in [0.15, 0.2) is 6.10 Å². The van der Waals surface area contributed by atoms with Gasteiger partial charge in [-0.1, -0.05) is 156 Å². The van der Waals surface area contributed by atoms with Crippen LogP contribution in [0, 0.1) is 5.92 Å². The first-order chi connectivity index (χ1) is 24.3. The first kappa shape index (κ1) is 48.2. The van der Waals surface area contributed by atoms with Crippen LogP contribution in [0.25, 0.3) is 0 Å². The second kappa shape index (κ2) is 35.6. The summed E-state index contributed by atoms with van der Waals surface area (Å²) in [6.07, 6.45) is 27.4. The van der Waals surface area contributed by atoms with E-state index in [1.807, 2.05) is 0 Å². The third-order valence-electron chi connectivity index (χ3n) is 9.68. The number of unbranched alkanes of at least 4 members (excludes halogenated alkanes) is 18. The first-order valence-corrected chi connectivity index (χ1v) is 21.2. The molecule has 1 unspecified atom stereocenters. The van der Waals surface area contributed by atoms with Crippen molar-refractivity contribution in [2.45, 2.75) is 201 Å². The molecule has 0 N–H and O–H groups in total. The summed E-state index contributed by atoms with van der Waals surface area (Å²) in [5.74, 6) is -0.690. The van der Waals surface area contributed by atoms with Crippen LogP contribution >= 0.6 is 0 Å². The van der Waals surface area contributed by atoms with E-state index < -0.39 is 12.2 Å². The predicted octanol–water partition coefficient (Wildman–Crippen LogP) is 11.3. The Morgan fingerprint density at radius 1 is 0.500 bits per heavy atom. The molecule has 1 atom stereocenters. The van der Waals surface area contributed by atoms with Crippen molar-refractivity contribution in [3.63, 3.8) is 0 Å². The van der Waals surface area contributed by atoms with Gasteiger partial charge in [-0.3, -0.25) is 9.59 Å². The highest BCUT2D eigenvalue weighted by Gasteiger charge is 2.24. The van der Waals surface area contributed by atoms with Crippen molar-refractivity contribution in [2.24, 2.45) is 5.92 Å². The predicted molar refractivity (Wildman–Crippen MR) is 209 cm³/mol. The summed E-state index contributed by atoms with van der Waals surface area (Å²) in [5.41, 5.74) is 0. The molecule has 0 radical (unpaired) electrons. The molecule has 0 spiro atoms. The molecule has 1 amide bonds.